The highest BCUT2D eigenvalue weighted by molar-refractivity contribution is 5.89. The summed E-state index contributed by atoms with van der Waals surface area (Å²) in [6, 6.07) is 32.4. The SMILES string of the molecule is O=C(ONCc1ccc(C2CCNCC2OCc2ccc3ccccc3c2)cc1)c1ccccc1. The van der Waals surface area contributed by atoms with Gasteiger partial charge in [-0.2, -0.15) is 0 Å². The Morgan fingerprint density at radius 2 is 1.60 bits per heavy atom. The van der Waals surface area contributed by atoms with Gasteiger partial charge in [-0.1, -0.05) is 78.9 Å². The van der Waals surface area contributed by atoms with Gasteiger partial charge < -0.3 is 14.9 Å². The number of ether oxygens (including phenoxy) is 1. The highest BCUT2D eigenvalue weighted by Crippen LogP contribution is 2.29. The van der Waals surface area contributed by atoms with Gasteiger partial charge in [-0.3, -0.25) is 0 Å². The highest BCUT2D eigenvalue weighted by Gasteiger charge is 2.27. The first kappa shape index (κ1) is 23.2. The maximum Gasteiger partial charge on any atom is 0.356 e. The van der Waals surface area contributed by atoms with Crippen molar-refractivity contribution in [3.05, 3.63) is 119 Å². The Morgan fingerprint density at radius 3 is 2.43 bits per heavy atom. The molecule has 1 heterocycles. The molecule has 0 amide bonds. The molecule has 0 saturated carbocycles. The van der Waals surface area contributed by atoms with Crippen LogP contribution < -0.4 is 10.8 Å². The average molecular weight is 467 g/mol. The minimum atomic E-state index is -0.386. The third-order valence-electron chi connectivity index (χ3n) is 6.56. The van der Waals surface area contributed by atoms with E-state index in [0.29, 0.717) is 24.6 Å². The van der Waals surface area contributed by atoms with Crippen LogP contribution in [-0.2, 0) is 22.7 Å². The van der Waals surface area contributed by atoms with Crippen molar-refractivity contribution < 1.29 is 14.4 Å². The van der Waals surface area contributed by atoms with E-state index in [0.717, 1.165) is 25.1 Å². The molecule has 1 fully saturated rings. The molecule has 0 spiro atoms. The van der Waals surface area contributed by atoms with E-state index in [2.05, 4.69) is 77.5 Å². The summed E-state index contributed by atoms with van der Waals surface area (Å²) in [5, 5.41) is 5.97. The summed E-state index contributed by atoms with van der Waals surface area (Å²) in [4.78, 5) is 17.2. The lowest BCUT2D eigenvalue weighted by Crippen LogP contribution is -2.41. The van der Waals surface area contributed by atoms with Crippen LogP contribution in [0.4, 0.5) is 0 Å². The lowest BCUT2D eigenvalue weighted by atomic mass is 9.87. The van der Waals surface area contributed by atoms with Crippen LogP contribution in [0.5, 0.6) is 0 Å². The second-order valence-corrected chi connectivity index (χ2v) is 8.95. The summed E-state index contributed by atoms with van der Waals surface area (Å²) in [6.07, 6.45) is 1.15. The molecule has 0 aromatic heterocycles. The van der Waals surface area contributed by atoms with Crippen molar-refractivity contribution in [1.29, 1.82) is 0 Å². The zero-order valence-electron chi connectivity index (χ0n) is 19.7. The van der Waals surface area contributed by atoms with Gasteiger partial charge in [-0.05, 0) is 58.6 Å². The summed E-state index contributed by atoms with van der Waals surface area (Å²) in [5.41, 5.74) is 6.82. The molecule has 1 saturated heterocycles. The van der Waals surface area contributed by atoms with E-state index in [-0.39, 0.29) is 12.1 Å². The Labute approximate surface area is 206 Å². The van der Waals surface area contributed by atoms with E-state index in [1.54, 1.807) is 12.1 Å². The van der Waals surface area contributed by atoms with Crippen LogP contribution in [0.25, 0.3) is 10.8 Å². The molecule has 4 aromatic carbocycles. The second kappa shape index (κ2) is 11.3. The Balaban J connectivity index is 1.16. The van der Waals surface area contributed by atoms with E-state index in [4.69, 9.17) is 9.57 Å². The normalized spacial score (nSPS) is 17.8. The van der Waals surface area contributed by atoms with Crippen LogP contribution in [0.1, 0.15) is 39.4 Å². The van der Waals surface area contributed by atoms with Crippen LogP contribution in [0.3, 0.4) is 0 Å². The highest BCUT2D eigenvalue weighted by atomic mass is 16.7. The second-order valence-electron chi connectivity index (χ2n) is 8.95. The standard InChI is InChI=1S/C30H30N2O3/c33-30(26-7-2-1-3-8-26)35-32-19-22-10-14-25(15-11-22)28-16-17-31-20-29(28)34-21-23-12-13-24-6-4-5-9-27(24)18-23/h1-15,18,28-29,31-32H,16-17,19-21H2. The minimum Gasteiger partial charge on any atom is -0.372 e. The molecule has 35 heavy (non-hydrogen) atoms. The molecular formula is C30H30N2O3. The van der Waals surface area contributed by atoms with Gasteiger partial charge in [-0.25, -0.2) is 4.79 Å². The van der Waals surface area contributed by atoms with Crippen LogP contribution in [-0.4, -0.2) is 25.2 Å². The number of hydroxylamine groups is 1. The fraction of sp³-hybridized carbons (Fsp3) is 0.233. The van der Waals surface area contributed by atoms with Crippen molar-refractivity contribution in [2.75, 3.05) is 13.1 Å². The molecule has 5 rings (SSSR count). The summed E-state index contributed by atoms with van der Waals surface area (Å²) in [5.74, 6) is -0.0436. The van der Waals surface area contributed by atoms with Crippen molar-refractivity contribution in [3.63, 3.8) is 0 Å². The summed E-state index contributed by atoms with van der Waals surface area (Å²) in [7, 11) is 0. The minimum absolute atomic E-state index is 0.117. The molecule has 0 bridgehead atoms. The van der Waals surface area contributed by atoms with Crippen molar-refractivity contribution in [3.8, 4) is 0 Å². The summed E-state index contributed by atoms with van der Waals surface area (Å²) < 4.78 is 6.42. The summed E-state index contributed by atoms with van der Waals surface area (Å²) >= 11 is 0. The maximum atomic E-state index is 12.1. The van der Waals surface area contributed by atoms with Crippen molar-refractivity contribution >= 4 is 16.7 Å². The van der Waals surface area contributed by atoms with Gasteiger partial charge in [0, 0.05) is 12.5 Å². The fourth-order valence-corrected chi connectivity index (χ4v) is 4.62. The molecule has 1 aliphatic heterocycles. The topological polar surface area (TPSA) is 59.6 Å². The number of piperidine rings is 1. The molecule has 5 nitrogen and oxygen atoms in total. The molecule has 4 aromatic rings. The third kappa shape index (κ3) is 5.95. The number of hydrogen-bond acceptors (Lipinski definition) is 5. The summed E-state index contributed by atoms with van der Waals surface area (Å²) in [6.45, 7) is 2.88. The Morgan fingerprint density at radius 1 is 0.857 bits per heavy atom. The molecular weight excluding hydrogens is 436 g/mol. The Bertz CT molecular complexity index is 1260. The number of fused-ring (bicyclic) bond motifs is 1. The van der Waals surface area contributed by atoms with Crippen molar-refractivity contribution in [1.82, 2.24) is 10.8 Å². The quantitative estimate of drug-likeness (QED) is 0.342. The molecule has 2 unspecified atom stereocenters. The smallest absolute Gasteiger partial charge is 0.356 e. The van der Waals surface area contributed by atoms with E-state index in [1.165, 1.54) is 21.9 Å². The predicted octanol–water partition coefficient (Wildman–Crippen LogP) is 5.36. The zero-order valence-corrected chi connectivity index (χ0v) is 19.7. The number of nitrogens with one attached hydrogen (secondary N) is 2. The van der Waals surface area contributed by atoms with Gasteiger partial charge in [0.25, 0.3) is 0 Å². The van der Waals surface area contributed by atoms with Crippen molar-refractivity contribution in [2.24, 2.45) is 0 Å². The van der Waals surface area contributed by atoms with Gasteiger partial charge in [0.15, 0.2) is 0 Å². The largest absolute Gasteiger partial charge is 0.372 e. The monoisotopic (exact) mass is 466 g/mol. The molecule has 1 aliphatic rings. The van der Waals surface area contributed by atoms with Gasteiger partial charge >= 0.3 is 5.97 Å². The Hall–Kier alpha value is -3.51. The number of rotatable bonds is 8. The number of hydrogen-bond donors (Lipinski definition) is 2. The van der Waals surface area contributed by atoms with Crippen LogP contribution >= 0.6 is 0 Å². The Kier molecular flexibility index (Phi) is 7.49. The van der Waals surface area contributed by atoms with E-state index < -0.39 is 0 Å². The first-order valence-corrected chi connectivity index (χ1v) is 12.1. The molecule has 2 N–H and O–H groups in total. The molecule has 0 radical (unpaired) electrons. The first-order valence-electron chi connectivity index (χ1n) is 12.1. The lowest BCUT2D eigenvalue weighted by molar-refractivity contribution is 0.0106. The average Bonchev–Trinajstić information content (AvgIpc) is 2.93. The van der Waals surface area contributed by atoms with Crippen molar-refractivity contribution in [2.45, 2.75) is 31.6 Å². The predicted molar refractivity (Wildman–Crippen MR) is 138 cm³/mol. The van der Waals surface area contributed by atoms with Gasteiger partial charge in [0.05, 0.1) is 24.8 Å². The number of benzene rings is 4. The first-order chi connectivity index (χ1) is 17.3. The molecule has 2 atom stereocenters. The molecule has 0 aliphatic carbocycles. The van der Waals surface area contributed by atoms with Gasteiger partial charge in [0.1, 0.15) is 0 Å². The maximum absolute atomic E-state index is 12.1. The van der Waals surface area contributed by atoms with Gasteiger partial charge in [-0.15, -0.1) is 5.48 Å². The number of carbonyl (C=O) groups excluding carboxylic acids is 1. The van der Waals surface area contributed by atoms with E-state index in [9.17, 15) is 4.79 Å². The van der Waals surface area contributed by atoms with Crippen LogP contribution in [0, 0.1) is 0 Å². The molecule has 5 heteroatoms. The van der Waals surface area contributed by atoms with E-state index in [1.807, 2.05) is 18.2 Å². The molecule has 178 valence electrons. The van der Waals surface area contributed by atoms with Gasteiger partial charge in [0.2, 0.25) is 0 Å². The third-order valence-corrected chi connectivity index (χ3v) is 6.56. The van der Waals surface area contributed by atoms with E-state index >= 15 is 0 Å². The fourth-order valence-electron chi connectivity index (χ4n) is 4.62. The number of carbonyl (C=O) groups is 1. The zero-order chi connectivity index (χ0) is 23.9. The lowest BCUT2D eigenvalue weighted by Gasteiger charge is -2.32. The van der Waals surface area contributed by atoms with Crippen LogP contribution in [0.2, 0.25) is 0 Å². The van der Waals surface area contributed by atoms with Crippen LogP contribution in [0.15, 0.2) is 97.1 Å².